The van der Waals surface area contributed by atoms with Crippen molar-refractivity contribution in [1.29, 1.82) is 0 Å². The quantitative estimate of drug-likeness (QED) is 0.616. The Bertz CT molecular complexity index is 171. The van der Waals surface area contributed by atoms with E-state index >= 15 is 0 Å². The van der Waals surface area contributed by atoms with Gasteiger partial charge in [0.05, 0.1) is 6.10 Å². The number of allylic oxidation sites excluding steroid dienone is 2. The highest BCUT2D eigenvalue weighted by atomic mass is 16.3. The maximum atomic E-state index is 9.27. The van der Waals surface area contributed by atoms with Gasteiger partial charge in [-0.15, -0.1) is 0 Å². The second-order valence-corrected chi connectivity index (χ2v) is 3.23. The second-order valence-electron chi connectivity index (χ2n) is 3.23. The first-order chi connectivity index (χ1) is 5.56. The molecule has 2 heteroatoms. The SMILES string of the molecule is C=C(C)CC(C)=CC(O)CCO. The highest BCUT2D eigenvalue weighted by Crippen LogP contribution is 2.09. The van der Waals surface area contributed by atoms with Crippen LogP contribution in [0.2, 0.25) is 0 Å². The summed E-state index contributed by atoms with van der Waals surface area (Å²) in [5, 5.41) is 17.8. The summed E-state index contributed by atoms with van der Waals surface area (Å²) >= 11 is 0. The zero-order valence-corrected chi connectivity index (χ0v) is 7.88. The normalized spacial score (nSPS) is 14.5. The molecular weight excluding hydrogens is 152 g/mol. The van der Waals surface area contributed by atoms with Gasteiger partial charge in [0.2, 0.25) is 0 Å². The lowest BCUT2D eigenvalue weighted by Crippen LogP contribution is -2.05. The first-order valence-corrected chi connectivity index (χ1v) is 4.17. The highest BCUT2D eigenvalue weighted by Gasteiger charge is 1.99. The monoisotopic (exact) mass is 170 g/mol. The van der Waals surface area contributed by atoms with Crippen molar-refractivity contribution in [2.45, 2.75) is 32.8 Å². The third-order valence-electron chi connectivity index (χ3n) is 1.48. The van der Waals surface area contributed by atoms with Crippen molar-refractivity contribution in [3.63, 3.8) is 0 Å². The van der Waals surface area contributed by atoms with Gasteiger partial charge >= 0.3 is 0 Å². The molecule has 2 N–H and O–H groups in total. The van der Waals surface area contributed by atoms with E-state index in [1.807, 2.05) is 13.8 Å². The van der Waals surface area contributed by atoms with Crippen molar-refractivity contribution < 1.29 is 10.2 Å². The minimum absolute atomic E-state index is 0.0258. The van der Waals surface area contributed by atoms with Crippen LogP contribution in [0.1, 0.15) is 26.7 Å². The fourth-order valence-electron chi connectivity index (χ4n) is 1.08. The van der Waals surface area contributed by atoms with Crippen molar-refractivity contribution >= 4 is 0 Å². The molecule has 70 valence electrons. The van der Waals surface area contributed by atoms with Crippen LogP contribution in [-0.2, 0) is 0 Å². The molecule has 0 aliphatic rings. The smallest absolute Gasteiger partial charge is 0.0745 e. The molecule has 0 bridgehead atoms. The predicted molar refractivity (Wildman–Crippen MR) is 50.9 cm³/mol. The molecular formula is C10H18O2. The summed E-state index contributed by atoms with van der Waals surface area (Å²) in [6, 6.07) is 0. The Morgan fingerprint density at radius 2 is 2.08 bits per heavy atom. The lowest BCUT2D eigenvalue weighted by Gasteiger charge is -2.05. The Kier molecular flexibility index (Phi) is 5.68. The molecule has 0 radical (unpaired) electrons. The lowest BCUT2D eigenvalue weighted by molar-refractivity contribution is 0.169. The molecule has 0 heterocycles. The maximum Gasteiger partial charge on any atom is 0.0745 e. The average Bonchev–Trinajstić information content (AvgIpc) is 1.84. The topological polar surface area (TPSA) is 40.5 Å². The standard InChI is InChI=1S/C10H18O2/c1-8(2)6-9(3)7-10(12)4-5-11/h7,10-12H,1,4-6H2,2-3H3. The zero-order valence-electron chi connectivity index (χ0n) is 7.88. The van der Waals surface area contributed by atoms with Crippen molar-refractivity contribution in [2.24, 2.45) is 0 Å². The Morgan fingerprint density at radius 3 is 2.50 bits per heavy atom. The van der Waals surface area contributed by atoms with Gasteiger partial charge in [0.1, 0.15) is 0 Å². The average molecular weight is 170 g/mol. The fraction of sp³-hybridized carbons (Fsp3) is 0.600. The summed E-state index contributed by atoms with van der Waals surface area (Å²) < 4.78 is 0. The molecule has 0 aromatic heterocycles. The first kappa shape index (κ1) is 11.4. The molecule has 0 spiro atoms. The summed E-state index contributed by atoms with van der Waals surface area (Å²) in [4.78, 5) is 0. The summed E-state index contributed by atoms with van der Waals surface area (Å²) in [5.41, 5.74) is 2.18. The molecule has 0 amide bonds. The van der Waals surface area contributed by atoms with Gasteiger partial charge in [0, 0.05) is 6.61 Å². The molecule has 1 unspecified atom stereocenters. The first-order valence-electron chi connectivity index (χ1n) is 4.17. The third kappa shape index (κ3) is 6.13. The van der Waals surface area contributed by atoms with Gasteiger partial charge < -0.3 is 10.2 Å². The largest absolute Gasteiger partial charge is 0.396 e. The summed E-state index contributed by atoms with van der Waals surface area (Å²) in [7, 11) is 0. The zero-order chi connectivity index (χ0) is 9.56. The minimum atomic E-state index is -0.519. The van der Waals surface area contributed by atoms with Crippen LogP contribution in [0.3, 0.4) is 0 Å². The molecule has 0 aliphatic carbocycles. The summed E-state index contributed by atoms with van der Waals surface area (Å²) in [5.74, 6) is 0. The van der Waals surface area contributed by atoms with Crippen LogP contribution in [-0.4, -0.2) is 22.9 Å². The Morgan fingerprint density at radius 1 is 1.50 bits per heavy atom. The lowest BCUT2D eigenvalue weighted by atomic mass is 10.1. The van der Waals surface area contributed by atoms with Crippen molar-refractivity contribution in [1.82, 2.24) is 0 Å². The molecule has 0 rings (SSSR count). The van der Waals surface area contributed by atoms with Gasteiger partial charge in [-0.2, -0.15) is 0 Å². The van der Waals surface area contributed by atoms with Gasteiger partial charge in [-0.3, -0.25) is 0 Å². The van der Waals surface area contributed by atoms with E-state index in [0.717, 1.165) is 17.6 Å². The van der Waals surface area contributed by atoms with E-state index in [4.69, 9.17) is 5.11 Å². The van der Waals surface area contributed by atoms with Crippen LogP contribution in [0.25, 0.3) is 0 Å². The van der Waals surface area contributed by atoms with Crippen molar-refractivity contribution in [3.8, 4) is 0 Å². The van der Waals surface area contributed by atoms with Crippen LogP contribution < -0.4 is 0 Å². The van der Waals surface area contributed by atoms with Crippen LogP contribution in [0.15, 0.2) is 23.8 Å². The van der Waals surface area contributed by atoms with Crippen LogP contribution in [0.4, 0.5) is 0 Å². The summed E-state index contributed by atoms with van der Waals surface area (Å²) in [6.45, 7) is 7.71. The van der Waals surface area contributed by atoms with E-state index in [0.29, 0.717) is 6.42 Å². The number of rotatable bonds is 5. The van der Waals surface area contributed by atoms with Crippen LogP contribution >= 0.6 is 0 Å². The van der Waals surface area contributed by atoms with Gasteiger partial charge in [-0.25, -0.2) is 0 Å². The van der Waals surface area contributed by atoms with E-state index < -0.39 is 6.10 Å². The number of aliphatic hydroxyl groups is 2. The van der Waals surface area contributed by atoms with Crippen LogP contribution in [0.5, 0.6) is 0 Å². The van der Waals surface area contributed by atoms with Crippen molar-refractivity contribution in [3.05, 3.63) is 23.8 Å². The Labute approximate surface area is 74.2 Å². The third-order valence-corrected chi connectivity index (χ3v) is 1.48. The van der Waals surface area contributed by atoms with E-state index in [-0.39, 0.29) is 6.61 Å². The Hall–Kier alpha value is -0.600. The van der Waals surface area contributed by atoms with Crippen LogP contribution in [0, 0.1) is 0 Å². The van der Waals surface area contributed by atoms with Crippen molar-refractivity contribution in [2.75, 3.05) is 6.61 Å². The van der Waals surface area contributed by atoms with E-state index in [1.54, 1.807) is 6.08 Å². The molecule has 0 aliphatic heterocycles. The number of hydrogen-bond acceptors (Lipinski definition) is 2. The molecule has 0 aromatic carbocycles. The Balaban J connectivity index is 3.88. The predicted octanol–water partition coefficient (Wildman–Crippen LogP) is 1.64. The van der Waals surface area contributed by atoms with E-state index in [2.05, 4.69) is 6.58 Å². The molecule has 0 saturated carbocycles. The van der Waals surface area contributed by atoms with Gasteiger partial charge in [0.15, 0.2) is 0 Å². The summed E-state index contributed by atoms with van der Waals surface area (Å²) in [6.07, 6.45) is 2.48. The number of aliphatic hydroxyl groups excluding tert-OH is 2. The van der Waals surface area contributed by atoms with E-state index in [9.17, 15) is 5.11 Å². The fourth-order valence-corrected chi connectivity index (χ4v) is 1.08. The number of hydrogen-bond donors (Lipinski definition) is 2. The molecule has 2 nitrogen and oxygen atoms in total. The molecule has 0 fully saturated rings. The van der Waals surface area contributed by atoms with Gasteiger partial charge in [-0.1, -0.05) is 23.8 Å². The molecule has 0 saturated heterocycles. The highest BCUT2D eigenvalue weighted by molar-refractivity contribution is 5.10. The molecule has 0 aromatic rings. The second kappa shape index (κ2) is 5.98. The van der Waals surface area contributed by atoms with E-state index in [1.165, 1.54) is 0 Å². The minimum Gasteiger partial charge on any atom is -0.396 e. The van der Waals surface area contributed by atoms with Gasteiger partial charge in [-0.05, 0) is 26.7 Å². The molecule has 12 heavy (non-hydrogen) atoms. The molecule has 1 atom stereocenters. The maximum absolute atomic E-state index is 9.27. The van der Waals surface area contributed by atoms with Gasteiger partial charge in [0.25, 0.3) is 0 Å².